The van der Waals surface area contributed by atoms with Gasteiger partial charge in [0, 0.05) is 31.4 Å². The summed E-state index contributed by atoms with van der Waals surface area (Å²) in [6.07, 6.45) is 6.02. The molecule has 1 heterocycles. The van der Waals surface area contributed by atoms with Crippen LogP contribution in [0.1, 0.15) is 34.8 Å². The molecule has 0 amide bonds. The number of benzene rings is 2. The number of para-hydroxylation sites is 2. The largest absolute Gasteiger partial charge is 0.492 e. The fourth-order valence-electron chi connectivity index (χ4n) is 4.02. The minimum Gasteiger partial charge on any atom is -0.492 e. The SMILES string of the molecule is CCOc1ccccc1N(C)S(=O)(=O)c1ccc2c(c1)C(=O)C(C(=O)CCc1cccnc1)=CC2. The lowest BCUT2D eigenvalue weighted by Gasteiger charge is -2.23. The Labute approximate surface area is 205 Å². The quantitative estimate of drug-likeness (QED) is 0.418. The second-order valence-electron chi connectivity index (χ2n) is 8.13. The van der Waals surface area contributed by atoms with Gasteiger partial charge in [0.15, 0.2) is 11.6 Å². The first-order chi connectivity index (χ1) is 16.8. The molecule has 0 bridgehead atoms. The molecule has 0 spiro atoms. The van der Waals surface area contributed by atoms with Crippen molar-refractivity contribution in [3.63, 3.8) is 0 Å². The van der Waals surface area contributed by atoms with Gasteiger partial charge in [-0.3, -0.25) is 18.9 Å². The molecule has 180 valence electrons. The van der Waals surface area contributed by atoms with E-state index in [0.717, 1.165) is 9.87 Å². The summed E-state index contributed by atoms with van der Waals surface area (Å²) in [6, 6.07) is 15.0. The molecule has 1 aliphatic rings. The number of nitrogens with zero attached hydrogens (tertiary/aromatic N) is 2. The van der Waals surface area contributed by atoms with Crippen molar-refractivity contribution in [3.05, 3.63) is 95.3 Å². The molecule has 0 saturated heterocycles. The van der Waals surface area contributed by atoms with E-state index in [0.29, 0.717) is 36.4 Å². The van der Waals surface area contributed by atoms with E-state index in [1.807, 2.05) is 13.0 Å². The van der Waals surface area contributed by atoms with Gasteiger partial charge < -0.3 is 4.74 Å². The molecular formula is C27H26N2O5S. The van der Waals surface area contributed by atoms with Gasteiger partial charge in [-0.1, -0.05) is 30.3 Å². The first-order valence-electron chi connectivity index (χ1n) is 11.3. The number of rotatable bonds is 9. The first kappa shape index (κ1) is 24.3. The van der Waals surface area contributed by atoms with Gasteiger partial charge in [-0.25, -0.2) is 8.42 Å². The number of anilines is 1. The maximum absolute atomic E-state index is 13.4. The highest BCUT2D eigenvalue weighted by Crippen LogP contribution is 2.33. The van der Waals surface area contributed by atoms with Crippen molar-refractivity contribution in [1.82, 2.24) is 4.98 Å². The fourth-order valence-corrected chi connectivity index (χ4v) is 5.25. The molecular weight excluding hydrogens is 464 g/mol. The Hall–Kier alpha value is -3.78. The predicted octanol–water partition coefficient (Wildman–Crippen LogP) is 4.17. The van der Waals surface area contributed by atoms with Gasteiger partial charge in [-0.2, -0.15) is 0 Å². The molecule has 1 aromatic heterocycles. The Kier molecular flexibility index (Phi) is 7.12. The van der Waals surface area contributed by atoms with Crippen LogP contribution in [0.25, 0.3) is 0 Å². The van der Waals surface area contributed by atoms with Crippen molar-refractivity contribution >= 4 is 27.3 Å². The molecule has 0 saturated carbocycles. The van der Waals surface area contributed by atoms with E-state index in [1.54, 1.807) is 54.9 Å². The Morgan fingerprint density at radius 3 is 2.66 bits per heavy atom. The number of hydrogen-bond donors (Lipinski definition) is 0. The maximum atomic E-state index is 13.4. The Morgan fingerprint density at radius 1 is 1.11 bits per heavy atom. The molecule has 8 heteroatoms. The summed E-state index contributed by atoms with van der Waals surface area (Å²) < 4.78 is 33.6. The van der Waals surface area contributed by atoms with E-state index < -0.39 is 15.8 Å². The molecule has 2 aromatic carbocycles. The minimum absolute atomic E-state index is 0.0255. The van der Waals surface area contributed by atoms with Gasteiger partial charge in [0.25, 0.3) is 10.0 Å². The van der Waals surface area contributed by atoms with Crippen molar-refractivity contribution in [3.8, 4) is 5.75 Å². The van der Waals surface area contributed by atoms with E-state index in [1.165, 1.54) is 19.2 Å². The van der Waals surface area contributed by atoms with E-state index in [-0.39, 0.29) is 28.2 Å². The Balaban J connectivity index is 1.58. The lowest BCUT2D eigenvalue weighted by molar-refractivity contribution is -0.115. The fraction of sp³-hybridized carbons (Fsp3) is 0.222. The van der Waals surface area contributed by atoms with Crippen LogP contribution in [0.2, 0.25) is 0 Å². The van der Waals surface area contributed by atoms with E-state index >= 15 is 0 Å². The number of pyridine rings is 1. The summed E-state index contributed by atoms with van der Waals surface area (Å²) in [5.41, 5.74) is 2.34. The number of fused-ring (bicyclic) bond motifs is 1. The van der Waals surface area contributed by atoms with Crippen molar-refractivity contribution in [1.29, 1.82) is 0 Å². The number of ether oxygens (including phenoxy) is 1. The van der Waals surface area contributed by atoms with Crippen LogP contribution in [0.3, 0.4) is 0 Å². The second-order valence-corrected chi connectivity index (χ2v) is 10.1. The Bertz CT molecular complexity index is 1400. The molecule has 7 nitrogen and oxygen atoms in total. The van der Waals surface area contributed by atoms with Gasteiger partial charge in [-0.15, -0.1) is 0 Å². The Morgan fingerprint density at radius 2 is 1.91 bits per heavy atom. The van der Waals surface area contributed by atoms with Crippen LogP contribution in [0.5, 0.6) is 5.75 Å². The van der Waals surface area contributed by atoms with E-state index in [9.17, 15) is 18.0 Å². The van der Waals surface area contributed by atoms with Crippen molar-refractivity contribution in [2.45, 2.75) is 31.1 Å². The van der Waals surface area contributed by atoms with Crippen LogP contribution in [-0.2, 0) is 27.7 Å². The molecule has 35 heavy (non-hydrogen) atoms. The zero-order valence-electron chi connectivity index (χ0n) is 19.6. The van der Waals surface area contributed by atoms with Crippen LogP contribution in [0, 0.1) is 0 Å². The summed E-state index contributed by atoms with van der Waals surface area (Å²) in [6.45, 7) is 2.21. The minimum atomic E-state index is -3.98. The third kappa shape index (κ3) is 5.02. The highest BCUT2D eigenvalue weighted by atomic mass is 32.2. The normalized spacial score (nSPS) is 13.1. The molecule has 1 aliphatic carbocycles. The molecule has 0 radical (unpaired) electrons. The van der Waals surface area contributed by atoms with E-state index in [2.05, 4.69) is 4.98 Å². The molecule has 0 atom stereocenters. The van der Waals surface area contributed by atoms with E-state index in [4.69, 9.17) is 4.74 Å². The number of carbonyl (C=O) groups is 2. The molecule has 3 aromatic rings. The van der Waals surface area contributed by atoms with Gasteiger partial charge in [0.05, 0.1) is 22.8 Å². The lowest BCUT2D eigenvalue weighted by Crippen LogP contribution is -2.28. The summed E-state index contributed by atoms with van der Waals surface area (Å²) in [7, 11) is -2.54. The standard InChI is InChI=1S/C27H26N2O5S/c1-3-34-26-9-5-4-8-24(26)29(2)35(32,33)21-13-11-20-12-14-22(27(31)23(20)17-21)25(30)15-10-19-7-6-16-28-18-19/h4-9,11,13-14,16-18H,3,10,12,15H2,1-2H3. The van der Waals surface area contributed by atoms with Gasteiger partial charge in [-0.05, 0) is 61.2 Å². The van der Waals surface area contributed by atoms with Gasteiger partial charge >= 0.3 is 0 Å². The van der Waals surface area contributed by atoms with Crippen LogP contribution < -0.4 is 9.04 Å². The third-order valence-electron chi connectivity index (χ3n) is 5.92. The maximum Gasteiger partial charge on any atom is 0.264 e. The number of sulfonamides is 1. The van der Waals surface area contributed by atoms with Gasteiger partial charge in [0.1, 0.15) is 5.75 Å². The summed E-state index contributed by atoms with van der Waals surface area (Å²) >= 11 is 0. The zero-order valence-corrected chi connectivity index (χ0v) is 20.4. The van der Waals surface area contributed by atoms with Crippen molar-refractivity contribution in [2.75, 3.05) is 18.0 Å². The summed E-state index contributed by atoms with van der Waals surface area (Å²) in [5, 5.41) is 0. The number of Topliss-reactive ketones (excluding diaryl/α,β-unsaturated/α-hetero) is 2. The number of allylic oxidation sites excluding steroid dienone is 2. The number of carbonyl (C=O) groups excluding carboxylic acids is 2. The predicted molar refractivity (Wildman–Crippen MR) is 133 cm³/mol. The summed E-state index contributed by atoms with van der Waals surface area (Å²) in [4.78, 5) is 30.0. The smallest absolute Gasteiger partial charge is 0.264 e. The molecule has 0 aliphatic heterocycles. The van der Waals surface area contributed by atoms with Crippen molar-refractivity contribution < 1.29 is 22.7 Å². The number of ketones is 2. The molecule has 0 N–H and O–H groups in total. The average molecular weight is 491 g/mol. The van der Waals surface area contributed by atoms with Crippen LogP contribution in [-0.4, -0.2) is 38.6 Å². The first-order valence-corrected chi connectivity index (χ1v) is 12.8. The monoisotopic (exact) mass is 490 g/mol. The molecule has 0 fully saturated rings. The van der Waals surface area contributed by atoms with Crippen LogP contribution >= 0.6 is 0 Å². The lowest BCUT2D eigenvalue weighted by atomic mass is 9.87. The molecule has 0 unspecified atom stereocenters. The highest BCUT2D eigenvalue weighted by Gasteiger charge is 2.29. The van der Waals surface area contributed by atoms with Crippen LogP contribution in [0.4, 0.5) is 5.69 Å². The van der Waals surface area contributed by atoms with Crippen LogP contribution in [0.15, 0.2) is 83.5 Å². The highest BCUT2D eigenvalue weighted by molar-refractivity contribution is 7.92. The average Bonchev–Trinajstić information content (AvgIpc) is 2.88. The topological polar surface area (TPSA) is 93.6 Å². The number of aromatic nitrogens is 1. The van der Waals surface area contributed by atoms with Gasteiger partial charge in [0.2, 0.25) is 0 Å². The number of aryl methyl sites for hydroxylation is 1. The number of hydrogen-bond acceptors (Lipinski definition) is 6. The molecule has 4 rings (SSSR count). The van der Waals surface area contributed by atoms with Crippen molar-refractivity contribution in [2.24, 2.45) is 0 Å². The second kappa shape index (κ2) is 10.2. The third-order valence-corrected chi connectivity index (χ3v) is 7.69. The summed E-state index contributed by atoms with van der Waals surface area (Å²) in [5.74, 6) is -0.267. The zero-order chi connectivity index (χ0) is 25.0.